The van der Waals surface area contributed by atoms with Gasteiger partial charge in [0.15, 0.2) is 0 Å². The van der Waals surface area contributed by atoms with Crippen molar-refractivity contribution < 1.29 is 36.6 Å². The average molecular weight is 554 g/mol. The van der Waals surface area contributed by atoms with Crippen molar-refractivity contribution in [2.45, 2.75) is 88.1 Å². The molecule has 0 aliphatic heterocycles. The molecule has 0 radical (unpaired) electrons. The van der Waals surface area contributed by atoms with Crippen LogP contribution in [-0.2, 0) is 17.5 Å². The SMILES string of the molecule is COc1cccc(F)c1CN(CC1(F)CCCCC1)C1CCC(CC(=O)O)CC1c1ccc(C(F)(F)F)cc1. The molecule has 2 aromatic carbocycles. The van der Waals surface area contributed by atoms with E-state index in [-0.39, 0.29) is 37.4 Å². The number of hydrogen-bond acceptors (Lipinski definition) is 3. The molecule has 4 rings (SSSR count). The second kappa shape index (κ2) is 12.2. The topological polar surface area (TPSA) is 49.8 Å². The zero-order chi connectivity index (χ0) is 28.2. The van der Waals surface area contributed by atoms with Crippen LogP contribution >= 0.6 is 0 Å². The molecule has 0 amide bonds. The third-order valence-corrected chi connectivity index (χ3v) is 8.41. The second-order valence-corrected chi connectivity index (χ2v) is 11.1. The molecule has 0 saturated heterocycles. The van der Waals surface area contributed by atoms with Crippen molar-refractivity contribution in [3.05, 3.63) is 65.0 Å². The van der Waals surface area contributed by atoms with Crippen molar-refractivity contribution >= 4 is 5.97 Å². The molecule has 3 unspecified atom stereocenters. The first-order valence-corrected chi connectivity index (χ1v) is 13.6. The van der Waals surface area contributed by atoms with Gasteiger partial charge in [0.2, 0.25) is 0 Å². The lowest BCUT2D eigenvalue weighted by atomic mass is 9.72. The van der Waals surface area contributed by atoms with Crippen LogP contribution < -0.4 is 4.74 Å². The monoisotopic (exact) mass is 553 g/mol. The Balaban J connectivity index is 1.72. The summed E-state index contributed by atoms with van der Waals surface area (Å²) in [4.78, 5) is 13.4. The van der Waals surface area contributed by atoms with Gasteiger partial charge < -0.3 is 9.84 Å². The largest absolute Gasteiger partial charge is 0.496 e. The maximum atomic E-state index is 16.2. The fourth-order valence-electron chi connectivity index (χ4n) is 6.47. The van der Waals surface area contributed by atoms with E-state index in [2.05, 4.69) is 0 Å². The minimum atomic E-state index is -4.48. The summed E-state index contributed by atoms with van der Waals surface area (Å²) in [5.41, 5.74) is -1.28. The number of ether oxygens (including phenoxy) is 1. The molecule has 3 atom stereocenters. The van der Waals surface area contributed by atoms with Crippen LogP contribution in [0.3, 0.4) is 0 Å². The van der Waals surface area contributed by atoms with Crippen LogP contribution in [0.25, 0.3) is 0 Å². The Hall–Kier alpha value is -2.68. The molecule has 2 aliphatic carbocycles. The quantitative estimate of drug-likeness (QED) is 0.323. The molecule has 2 aliphatic rings. The maximum Gasteiger partial charge on any atom is 0.416 e. The molecule has 0 spiro atoms. The Morgan fingerprint density at radius 2 is 1.77 bits per heavy atom. The van der Waals surface area contributed by atoms with E-state index in [0.29, 0.717) is 49.0 Å². The summed E-state index contributed by atoms with van der Waals surface area (Å²) in [5, 5.41) is 9.42. The summed E-state index contributed by atoms with van der Waals surface area (Å²) in [6, 6.07) is 9.17. The molecule has 0 bridgehead atoms. The van der Waals surface area contributed by atoms with Crippen LogP contribution in [0.2, 0.25) is 0 Å². The van der Waals surface area contributed by atoms with E-state index in [0.717, 1.165) is 31.4 Å². The summed E-state index contributed by atoms with van der Waals surface area (Å²) in [5.74, 6) is -1.55. The van der Waals surface area contributed by atoms with Crippen molar-refractivity contribution in [2.75, 3.05) is 13.7 Å². The summed E-state index contributed by atoms with van der Waals surface area (Å²) in [6.07, 6.45) is 0.308. The molecule has 2 aromatic rings. The highest BCUT2D eigenvalue weighted by atomic mass is 19.4. The Morgan fingerprint density at radius 1 is 1.08 bits per heavy atom. The number of nitrogens with zero attached hydrogens (tertiary/aromatic N) is 1. The fraction of sp³-hybridized carbons (Fsp3) is 0.567. The van der Waals surface area contributed by atoms with E-state index < -0.39 is 29.2 Å². The van der Waals surface area contributed by atoms with Crippen molar-refractivity contribution in [3.63, 3.8) is 0 Å². The number of carboxylic acids is 1. The number of methoxy groups -OCH3 is 1. The minimum absolute atomic E-state index is 0.0436. The molecule has 4 nitrogen and oxygen atoms in total. The highest BCUT2D eigenvalue weighted by Gasteiger charge is 2.41. The number of carboxylic acid groups (broad SMARTS) is 1. The number of aliphatic carboxylic acids is 1. The van der Waals surface area contributed by atoms with Crippen molar-refractivity contribution in [3.8, 4) is 5.75 Å². The fourth-order valence-corrected chi connectivity index (χ4v) is 6.47. The number of rotatable bonds is 9. The molecule has 9 heteroatoms. The Bertz CT molecular complexity index is 1110. The van der Waals surface area contributed by atoms with E-state index in [1.165, 1.54) is 25.3 Å². The van der Waals surface area contributed by atoms with Gasteiger partial charge in [0, 0.05) is 31.1 Å². The van der Waals surface area contributed by atoms with Gasteiger partial charge in [-0.2, -0.15) is 13.2 Å². The predicted molar refractivity (Wildman–Crippen MR) is 138 cm³/mol. The lowest BCUT2D eigenvalue weighted by Gasteiger charge is -2.45. The second-order valence-electron chi connectivity index (χ2n) is 11.1. The molecule has 1 N–H and O–H groups in total. The van der Waals surface area contributed by atoms with Crippen LogP contribution in [-0.4, -0.2) is 41.3 Å². The lowest BCUT2D eigenvalue weighted by molar-refractivity contribution is -0.139. The highest BCUT2D eigenvalue weighted by molar-refractivity contribution is 5.67. The van der Waals surface area contributed by atoms with E-state index in [4.69, 9.17) is 4.74 Å². The van der Waals surface area contributed by atoms with Crippen LogP contribution in [0.5, 0.6) is 5.75 Å². The number of hydrogen-bond donors (Lipinski definition) is 1. The lowest BCUT2D eigenvalue weighted by Crippen LogP contribution is -2.49. The third-order valence-electron chi connectivity index (χ3n) is 8.41. The van der Waals surface area contributed by atoms with Crippen molar-refractivity contribution in [1.82, 2.24) is 4.90 Å². The zero-order valence-corrected chi connectivity index (χ0v) is 22.2. The standard InChI is InChI=1S/C30H36F5NO3/c1-39-27-7-5-6-25(31)24(27)18-36(19-29(32)14-3-2-4-15-29)26-13-8-20(17-28(37)38)16-23(26)21-9-11-22(12-10-21)30(33,34)35/h5-7,9-12,20,23,26H,2-4,8,13-19H2,1H3,(H,37,38). The van der Waals surface area contributed by atoms with E-state index in [1.54, 1.807) is 12.1 Å². The summed E-state index contributed by atoms with van der Waals surface area (Å²) >= 11 is 0. The molecule has 214 valence electrons. The molecule has 0 heterocycles. The summed E-state index contributed by atoms with van der Waals surface area (Å²) < 4.78 is 76.4. The molecular formula is C30H36F5NO3. The Morgan fingerprint density at radius 3 is 2.38 bits per heavy atom. The van der Waals surface area contributed by atoms with Gasteiger partial charge in [-0.3, -0.25) is 9.69 Å². The molecule has 0 aromatic heterocycles. The summed E-state index contributed by atoms with van der Waals surface area (Å²) in [6.45, 7) is 0.142. The maximum absolute atomic E-state index is 16.2. The van der Waals surface area contributed by atoms with Gasteiger partial charge in [-0.25, -0.2) is 8.78 Å². The van der Waals surface area contributed by atoms with E-state index in [1.807, 2.05) is 4.90 Å². The first-order valence-electron chi connectivity index (χ1n) is 13.6. The highest BCUT2D eigenvalue weighted by Crippen LogP contribution is 2.44. The first kappa shape index (κ1) is 29.3. The molecular weight excluding hydrogens is 517 g/mol. The van der Waals surface area contributed by atoms with Gasteiger partial charge in [-0.15, -0.1) is 0 Å². The predicted octanol–water partition coefficient (Wildman–Crippen LogP) is 7.75. The van der Waals surface area contributed by atoms with Crippen LogP contribution in [0.15, 0.2) is 42.5 Å². The van der Waals surface area contributed by atoms with Crippen LogP contribution in [0, 0.1) is 11.7 Å². The van der Waals surface area contributed by atoms with Crippen LogP contribution in [0.1, 0.15) is 80.4 Å². The third kappa shape index (κ3) is 7.29. The van der Waals surface area contributed by atoms with Crippen LogP contribution in [0.4, 0.5) is 22.0 Å². The van der Waals surface area contributed by atoms with Gasteiger partial charge in [0.05, 0.1) is 12.7 Å². The molecule has 39 heavy (non-hydrogen) atoms. The number of halogens is 5. The van der Waals surface area contributed by atoms with Crippen molar-refractivity contribution in [1.29, 1.82) is 0 Å². The zero-order valence-electron chi connectivity index (χ0n) is 22.2. The molecule has 2 saturated carbocycles. The van der Waals surface area contributed by atoms with Gasteiger partial charge >= 0.3 is 12.1 Å². The van der Waals surface area contributed by atoms with Crippen molar-refractivity contribution in [2.24, 2.45) is 5.92 Å². The smallest absolute Gasteiger partial charge is 0.416 e. The van der Waals surface area contributed by atoms with Gasteiger partial charge in [-0.1, -0.05) is 37.5 Å². The number of carbonyl (C=O) groups is 1. The van der Waals surface area contributed by atoms with Gasteiger partial charge in [-0.05, 0) is 73.8 Å². The van der Waals surface area contributed by atoms with Gasteiger partial charge in [0.25, 0.3) is 0 Å². The minimum Gasteiger partial charge on any atom is -0.496 e. The first-order chi connectivity index (χ1) is 18.5. The number of benzene rings is 2. The summed E-state index contributed by atoms with van der Waals surface area (Å²) in [7, 11) is 1.45. The van der Waals surface area contributed by atoms with E-state index in [9.17, 15) is 23.1 Å². The van der Waals surface area contributed by atoms with E-state index >= 15 is 8.78 Å². The Kier molecular flexibility index (Phi) is 9.19. The van der Waals surface area contributed by atoms with Gasteiger partial charge in [0.1, 0.15) is 17.2 Å². The Labute approximate surface area is 226 Å². The molecule has 2 fully saturated rings. The number of alkyl halides is 4. The normalized spacial score (nSPS) is 23.5. The average Bonchev–Trinajstić information content (AvgIpc) is 2.89.